The molecule has 5 nitrogen and oxygen atoms in total. The first-order valence-corrected chi connectivity index (χ1v) is 7.10. The summed E-state index contributed by atoms with van der Waals surface area (Å²) in [6.45, 7) is 0. The van der Waals surface area contributed by atoms with E-state index in [9.17, 15) is 4.79 Å². The van der Waals surface area contributed by atoms with E-state index < -0.39 is 0 Å². The summed E-state index contributed by atoms with van der Waals surface area (Å²) in [6.07, 6.45) is 1.71. The third kappa shape index (κ3) is 2.94. The lowest BCUT2D eigenvalue weighted by molar-refractivity contribution is 0.0602. The maximum Gasteiger partial charge on any atom is 0.339 e. The van der Waals surface area contributed by atoms with Crippen molar-refractivity contribution in [1.29, 1.82) is 0 Å². The Morgan fingerprint density at radius 2 is 1.87 bits per heavy atom. The molecule has 2 aromatic carbocycles. The van der Waals surface area contributed by atoms with Gasteiger partial charge in [0.15, 0.2) is 0 Å². The Kier molecular flexibility index (Phi) is 4.10. The number of pyridine rings is 1. The molecule has 3 rings (SSSR count). The Bertz CT molecular complexity index is 862. The number of nitrogens with one attached hydrogen (secondary N) is 1. The number of fused-ring (bicyclic) bond motifs is 1. The summed E-state index contributed by atoms with van der Waals surface area (Å²) in [5, 5.41) is 4.22. The molecular weight excluding hydrogens is 292 g/mol. The molecule has 3 aromatic rings. The molecule has 1 N–H and O–H groups in total. The number of anilines is 2. The Morgan fingerprint density at radius 1 is 1.04 bits per heavy atom. The molecule has 0 radical (unpaired) electrons. The molecule has 0 bridgehead atoms. The summed E-state index contributed by atoms with van der Waals surface area (Å²) < 4.78 is 10.0. The van der Waals surface area contributed by atoms with Crippen molar-refractivity contribution in [3.8, 4) is 5.75 Å². The smallest absolute Gasteiger partial charge is 0.339 e. The van der Waals surface area contributed by atoms with Gasteiger partial charge < -0.3 is 14.8 Å². The van der Waals surface area contributed by atoms with E-state index in [-0.39, 0.29) is 5.97 Å². The van der Waals surface area contributed by atoms with Gasteiger partial charge in [-0.15, -0.1) is 0 Å². The van der Waals surface area contributed by atoms with E-state index in [1.807, 2.05) is 36.4 Å². The molecule has 0 spiro atoms. The van der Waals surface area contributed by atoms with Crippen LogP contribution < -0.4 is 10.1 Å². The van der Waals surface area contributed by atoms with Crippen LogP contribution in [0.1, 0.15) is 10.4 Å². The molecule has 0 aliphatic carbocycles. The largest absolute Gasteiger partial charge is 0.497 e. The van der Waals surface area contributed by atoms with Crippen molar-refractivity contribution in [2.75, 3.05) is 19.5 Å². The van der Waals surface area contributed by atoms with Crippen LogP contribution in [-0.4, -0.2) is 25.2 Å². The van der Waals surface area contributed by atoms with E-state index in [0.717, 1.165) is 22.3 Å². The molecule has 1 heterocycles. The van der Waals surface area contributed by atoms with Crippen molar-refractivity contribution in [3.05, 3.63) is 60.3 Å². The minimum absolute atomic E-state index is 0.381. The average molecular weight is 308 g/mol. The topological polar surface area (TPSA) is 60.5 Å². The molecule has 0 saturated carbocycles. The number of carbonyl (C=O) groups excluding carboxylic acids is 1. The Balaban J connectivity index is 2.04. The first-order valence-electron chi connectivity index (χ1n) is 7.10. The Hall–Kier alpha value is -3.08. The van der Waals surface area contributed by atoms with Gasteiger partial charge >= 0.3 is 5.97 Å². The van der Waals surface area contributed by atoms with Crippen LogP contribution in [0.4, 0.5) is 11.4 Å². The zero-order valence-corrected chi connectivity index (χ0v) is 12.9. The van der Waals surface area contributed by atoms with E-state index in [1.54, 1.807) is 25.4 Å². The molecule has 23 heavy (non-hydrogen) atoms. The first kappa shape index (κ1) is 14.8. The van der Waals surface area contributed by atoms with Crippen LogP contribution in [0.2, 0.25) is 0 Å². The number of hydrogen-bond donors (Lipinski definition) is 1. The molecule has 0 aliphatic rings. The fraction of sp³-hybridized carbons (Fsp3) is 0.111. The van der Waals surface area contributed by atoms with Crippen molar-refractivity contribution in [2.45, 2.75) is 0 Å². The molecular formula is C18H16N2O3. The summed E-state index contributed by atoms with van der Waals surface area (Å²) in [6, 6.07) is 14.8. The zero-order valence-electron chi connectivity index (χ0n) is 12.9. The van der Waals surface area contributed by atoms with Gasteiger partial charge in [-0.1, -0.05) is 12.1 Å². The van der Waals surface area contributed by atoms with Crippen LogP contribution in [0.3, 0.4) is 0 Å². The number of para-hydroxylation sites is 1. The number of esters is 1. The molecule has 1 aromatic heterocycles. The van der Waals surface area contributed by atoms with Gasteiger partial charge in [0.2, 0.25) is 0 Å². The second-order valence-electron chi connectivity index (χ2n) is 4.90. The maximum atomic E-state index is 11.9. The van der Waals surface area contributed by atoms with Crippen LogP contribution in [0.15, 0.2) is 54.7 Å². The second-order valence-corrected chi connectivity index (χ2v) is 4.90. The maximum absolute atomic E-state index is 11.9. The van der Waals surface area contributed by atoms with Crippen molar-refractivity contribution < 1.29 is 14.3 Å². The number of nitrogens with zero attached hydrogens (tertiary/aromatic N) is 1. The van der Waals surface area contributed by atoms with Crippen LogP contribution in [0.25, 0.3) is 10.9 Å². The van der Waals surface area contributed by atoms with Crippen LogP contribution in [0, 0.1) is 0 Å². The predicted octanol–water partition coefficient (Wildman–Crippen LogP) is 3.77. The summed E-state index contributed by atoms with van der Waals surface area (Å²) in [4.78, 5) is 16.2. The van der Waals surface area contributed by atoms with Gasteiger partial charge in [0, 0.05) is 23.3 Å². The lowest BCUT2D eigenvalue weighted by Gasteiger charge is -2.13. The van der Waals surface area contributed by atoms with Gasteiger partial charge in [0.25, 0.3) is 0 Å². The highest BCUT2D eigenvalue weighted by molar-refractivity contribution is 5.99. The minimum Gasteiger partial charge on any atom is -0.497 e. The fourth-order valence-electron chi connectivity index (χ4n) is 2.39. The van der Waals surface area contributed by atoms with Gasteiger partial charge in [-0.25, -0.2) is 4.79 Å². The molecule has 0 atom stereocenters. The number of hydrogen-bond acceptors (Lipinski definition) is 5. The highest BCUT2D eigenvalue weighted by atomic mass is 16.5. The Labute approximate surface area is 133 Å². The van der Waals surface area contributed by atoms with Gasteiger partial charge in [-0.3, -0.25) is 4.98 Å². The normalized spacial score (nSPS) is 10.3. The molecule has 0 saturated heterocycles. The average Bonchev–Trinajstić information content (AvgIpc) is 2.61. The van der Waals surface area contributed by atoms with Crippen molar-refractivity contribution >= 4 is 28.2 Å². The molecule has 5 heteroatoms. The van der Waals surface area contributed by atoms with E-state index in [1.165, 1.54) is 7.11 Å². The molecule has 0 unspecified atom stereocenters. The SMILES string of the molecule is COC(=O)c1ccccc1Nc1ccnc2cc(OC)ccc12. The first-order chi connectivity index (χ1) is 11.2. The fourth-order valence-corrected chi connectivity index (χ4v) is 2.39. The van der Waals surface area contributed by atoms with Gasteiger partial charge in [0.1, 0.15) is 5.75 Å². The third-order valence-electron chi connectivity index (χ3n) is 3.55. The van der Waals surface area contributed by atoms with Crippen LogP contribution in [-0.2, 0) is 4.74 Å². The number of rotatable bonds is 4. The Morgan fingerprint density at radius 3 is 2.65 bits per heavy atom. The van der Waals surface area contributed by atoms with Crippen molar-refractivity contribution in [3.63, 3.8) is 0 Å². The highest BCUT2D eigenvalue weighted by Crippen LogP contribution is 2.29. The van der Waals surface area contributed by atoms with Gasteiger partial charge in [-0.05, 0) is 30.3 Å². The van der Waals surface area contributed by atoms with E-state index in [4.69, 9.17) is 9.47 Å². The highest BCUT2D eigenvalue weighted by Gasteiger charge is 2.12. The number of ether oxygens (including phenoxy) is 2. The van der Waals surface area contributed by atoms with E-state index in [2.05, 4.69) is 10.3 Å². The molecule has 116 valence electrons. The molecule has 0 amide bonds. The monoisotopic (exact) mass is 308 g/mol. The van der Waals surface area contributed by atoms with Crippen molar-refractivity contribution in [1.82, 2.24) is 4.98 Å². The number of carbonyl (C=O) groups is 1. The predicted molar refractivity (Wildman–Crippen MR) is 89.4 cm³/mol. The third-order valence-corrected chi connectivity index (χ3v) is 3.55. The molecule has 0 fully saturated rings. The lowest BCUT2D eigenvalue weighted by Crippen LogP contribution is -2.05. The van der Waals surface area contributed by atoms with Crippen molar-refractivity contribution in [2.24, 2.45) is 0 Å². The van der Waals surface area contributed by atoms with Gasteiger partial charge in [-0.2, -0.15) is 0 Å². The zero-order chi connectivity index (χ0) is 16.2. The number of aromatic nitrogens is 1. The quantitative estimate of drug-likeness (QED) is 0.743. The summed E-state index contributed by atoms with van der Waals surface area (Å²) in [5.74, 6) is 0.366. The van der Waals surface area contributed by atoms with Crippen LogP contribution >= 0.6 is 0 Å². The number of methoxy groups -OCH3 is 2. The lowest BCUT2D eigenvalue weighted by atomic mass is 10.1. The standard InChI is InChI=1S/C18H16N2O3/c1-22-12-7-8-13-16(9-10-19-17(13)11-12)20-15-6-4-3-5-14(15)18(21)23-2/h3-11H,1-2H3,(H,19,20). The second kappa shape index (κ2) is 6.36. The summed E-state index contributed by atoms with van der Waals surface area (Å²) >= 11 is 0. The van der Waals surface area contributed by atoms with Gasteiger partial charge in [0.05, 0.1) is 31.0 Å². The summed E-state index contributed by atoms with van der Waals surface area (Å²) in [7, 11) is 2.99. The number of benzene rings is 2. The van der Waals surface area contributed by atoms with Crippen LogP contribution in [0.5, 0.6) is 5.75 Å². The van der Waals surface area contributed by atoms with E-state index in [0.29, 0.717) is 11.3 Å². The minimum atomic E-state index is -0.381. The molecule has 0 aliphatic heterocycles. The van der Waals surface area contributed by atoms with E-state index >= 15 is 0 Å². The summed E-state index contributed by atoms with van der Waals surface area (Å²) in [5.41, 5.74) is 2.83.